The summed E-state index contributed by atoms with van der Waals surface area (Å²) in [7, 11) is 0. The topological polar surface area (TPSA) is 29.3 Å². The molecule has 4 rings (SSSR count). The number of aryl methyl sites for hydroxylation is 3. The summed E-state index contributed by atoms with van der Waals surface area (Å²) in [6.45, 7) is 6.31. The average Bonchev–Trinajstić information content (AvgIpc) is 2.98. The lowest BCUT2D eigenvalue weighted by atomic mass is 10.1. The van der Waals surface area contributed by atoms with E-state index in [0.717, 1.165) is 34.1 Å². The molecular formula is C22H20ClN3. The Morgan fingerprint density at radius 3 is 2.27 bits per heavy atom. The van der Waals surface area contributed by atoms with E-state index in [-0.39, 0.29) is 0 Å². The van der Waals surface area contributed by atoms with Crippen molar-refractivity contribution in [1.29, 1.82) is 0 Å². The van der Waals surface area contributed by atoms with Gasteiger partial charge < -0.3 is 5.32 Å². The van der Waals surface area contributed by atoms with Crippen molar-refractivity contribution >= 4 is 28.8 Å². The van der Waals surface area contributed by atoms with E-state index in [0.29, 0.717) is 5.02 Å². The fraction of sp³-hybridized carbons (Fsp3) is 0.136. The smallest absolute Gasteiger partial charge is 0.143 e. The molecule has 0 aliphatic heterocycles. The van der Waals surface area contributed by atoms with Crippen LogP contribution in [0.4, 0.5) is 11.5 Å². The Morgan fingerprint density at radius 2 is 1.54 bits per heavy atom. The third kappa shape index (κ3) is 2.74. The minimum Gasteiger partial charge on any atom is -0.339 e. The van der Waals surface area contributed by atoms with Crippen molar-refractivity contribution in [3.8, 4) is 11.3 Å². The molecule has 0 amide bonds. The SMILES string of the molecule is Cc1cccc(C)c1Nc1c(-c2ccccc2Cl)nc2cccc(C)n12. The van der Waals surface area contributed by atoms with E-state index in [1.54, 1.807) is 0 Å². The summed E-state index contributed by atoms with van der Waals surface area (Å²) in [5.74, 6) is 0.934. The van der Waals surface area contributed by atoms with Crippen LogP contribution < -0.4 is 5.32 Å². The molecular weight excluding hydrogens is 342 g/mol. The highest BCUT2D eigenvalue weighted by molar-refractivity contribution is 6.33. The number of imidazole rings is 1. The van der Waals surface area contributed by atoms with Crippen LogP contribution in [0.5, 0.6) is 0 Å². The average molecular weight is 362 g/mol. The van der Waals surface area contributed by atoms with Gasteiger partial charge in [0, 0.05) is 16.9 Å². The van der Waals surface area contributed by atoms with Gasteiger partial charge in [-0.05, 0) is 50.1 Å². The van der Waals surface area contributed by atoms with Crippen molar-refractivity contribution in [2.45, 2.75) is 20.8 Å². The van der Waals surface area contributed by atoms with E-state index in [2.05, 4.69) is 54.8 Å². The van der Waals surface area contributed by atoms with E-state index in [1.807, 2.05) is 36.4 Å². The summed E-state index contributed by atoms with van der Waals surface area (Å²) in [5.41, 5.74) is 7.28. The molecule has 0 radical (unpaired) electrons. The fourth-order valence-corrected chi connectivity index (χ4v) is 3.57. The molecule has 0 aliphatic rings. The fourth-order valence-electron chi connectivity index (χ4n) is 3.34. The van der Waals surface area contributed by atoms with Gasteiger partial charge in [0.25, 0.3) is 0 Å². The molecule has 2 aromatic heterocycles. The number of halogens is 1. The maximum atomic E-state index is 6.49. The van der Waals surface area contributed by atoms with Gasteiger partial charge in [0.2, 0.25) is 0 Å². The Hall–Kier alpha value is -2.78. The van der Waals surface area contributed by atoms with Gasteiger partial charge in [-0.1, -0.05) is 54.1 Å². The van der Waals surface area contributed by atoms with E-state index in [1.165, 1.54) is 11.1 Å². The molecule has 0 saturated carbocycles. The number of nitrogens with zero attached hydrogens (tertiary/aromatic N) is 2. The molecule has 2 heterocycles. The van der Waals surface area contributed by atoms with E-state index in [9.17, 15) is 0 Å². The first kappa shape index (κ1) is 16.7. The third-order valence-corrected chi connectivity index (χ3v) is 5.02. The lowest BCUT2D eigenvalue weighted by Crippen LogP contribution is -2.02. The zero-order valence-corrected chi connectivity index (χ0v) is 15.8. The summed E-state index contributed by atoms with van der Waals surface area (Å²) in [6, 6.07) is 20.3. The van der Waals surface area contributed by atoms with E-state index >= 15 is 0 Å². The number of nitrogens with one attached hydrogen (secondary N) is 1. The largest absolute Gasteiger partial charge is 0.339 e. The van der Waals surface area contributed by atoms with Crippen LogP contribution in [0.2, 0.25) is 5.02 Å². The number of hydrogen-bond donors (Lipinski definition) is 1. The predicted molar refractivity (Wildman–Crippen MR) is 110 cm³/mol. The summed E-state index contributed by atoms with van der Waals surface area (Å²) in [5, 5.41) is 4.33. The van der Waals surface area contributed by atoms with Crippen molar-refractivity contribution in [2.24, 2.45) is 0 Å². The normalized spacial score (nSPS) is 11.1. The zero-order chi connectivity index (χ0) is 18.3. The molecule has 0 fully saturated rings. The second-order valence-electron chi connectivity index (χ2n) is 6.54. The summed E-state index contributed by atoms with van der Waals surface area (Å²) >= 11 is 6.49. The Kier molecular flexibility index (Phi) is 4.17. The number of pyridine rings is 1. The highest BCUT2D eigenvalue weighted by atomic mass is 35.5. The van der Waals surface area contributed by atoms with Gasteiger partial charge in [0.05, 0.1) is 5.02 Å². The molecule has 0 aliphatic carbocycles. The Balaban J connectivity index is 2.00. The number of aromatic nitrogens is 2. The molecule has 3 nitrogen and oxygen atoms in total. The minimum atomic E-state index is 0.693. The second-order valence-corrected chi connectivity index (χ2v) is 6.95. The lowest BCUT2D eigenvalue weighted by molar-refractivity contribution is 1.09. The first-order valence-electron chi connectivity index (χ1n) is 8.62. The molecule has 1 N–H and O–H groups in total. The Morgan fingerprint density at radius 1 is 0.846 bits per heavy atom. The van der Waals surface area contributed by atoms with Crippen LogP contribution in [0.25, 0.3) is 16.9 Å². The van der Waals surface area contributed by atoms with Crippen LogP contribution in [0.3, 0.4) is 0 Å². The van der Waals surface area contributed by atoms with Gasteiger partial charge in [-0.2, -0.15) is 0 Å². The van der Waals surface area contributed by atoms with Crippen molar-refractivity contribution in [1.82, 2.24) is 9.38 Å². The standard InChI is InChI=1S/C22H20ClN3/c1-14-8-6-9-15(2)20(14)25-22-21(17-11-4-5-12-18(17)23)24-19-13-7-10-16(3)26(19)22/h4-13,25H,1-3H3. The number of rotatable bonds is 3. The van der Waals surface area contributed by atoms with Gasteiger partial charge in [-0.3, -0.25) is 4.40 Å². The van der Waals surface area contributed by atoms with Gasteiger partial charge in [-0.25, -0.2) is 4.98 Å². The monoisotopic (exact) mass is 361 g/mol. The third-order valence-electron chi connectivity index (χ3n) is 4.69. The molecule has 0 atom stereocenters. The van der Waals surface area contributed by atoms with Gasteiger partial charge >= 0.3 is 0 Å². The first-order chi connectivity index (χ1) is 12.6. The summed E-state index contributed by atoms with van der Waals surface area (Å²) in [4.78, 5) is 4.88. The van der Waals surface area contributed by atoms with E-state index in [4.69, 9.17) is 16.6 Å². The molecule has 0 unspecified atom stereocenters. The highest BCUT2D eigenvalue weighted by Crippen LogP contribution is 2.36. The molecule has 0 saturated heterocycles. The van der Waals surface area contributed by atoms with Crippen LogP contribution >= 0.6 is 11.6 Å². The molecule has 4 heteroatoms. The highest BCUT2D eigenvalue weighted by Gasteiger charge is 2.18. The van der Waals surface area contributed by atoms with Crippen molar-refractivity contribution in [3.05, 3.63) is 82.5 Å². The molecule has 0 spiro atoms. The second kappa shape index (κ2) is 6.50. The van der Waals surface area contributed by atoms with Crippen LogP contribution in [0.15, 0.2) is 60.7 Å². The molecule has 26 heavy (non-hydrogen) atoms. The first-order valence-corrected chi connectivity index (χ1v) is 9.00. The molecule has 4 aromatic rings. The van der Waals surface area contributed by atoms with Gasteiger partial charge in [-0.15, -0.1) is 0 Å². The van der Waals surface area contributed by atoms with Crippen molar-refractivity contribution in [2.75, 3.05) is 5.32 Å². The number of hydrogen-bond acceptors (Lipinski definition) is 2. The van der Waals surface area contributed by atoms with Crippen LogP contribution in [-0.4, -0.2) is 9.38 Å². The maximum absolute atomic E-state index is 6.49. The summed E-state index contributed by atoms with van der Waals surface area (Å²) in [6.07, 6.45) is 0. The molecule has 130 valence electrons. The summed E-state index contributed by atoms with van der Waals surface area (Å²) < 4.78 is 2.14. The lowest BCUT2D eigenvalue weighted by Gasteiger charge is -2.15. The van der Waals surface area contributed by atoms with Crippen LogP contribution in [0, 0.1) is 20.8 Å². The number of fused-ring (bicyclic) bond motifs is 1. The Labute approximate surface area is 158 Å². The van der Waals surface area contributed by atoms with Crippen molar-refractivity contribution < 1.29 is 0 Å². The zero-order valence-electron chi connectivity index (χ0n) is 15.0. The molecule has 2 aromatic carbocycles. The minimum absolute atomic E-state index is 0.693. The van der Waals surface area contributed by atoms with Crippen LogP contribution in [-0.2, 0) is 0 Å². The van der Waals surface area contributed by atoms with Crippen LogP contribution in [0.1, 0.15) is 16.8 Å². The number of anilines is 2. The Bertz CT molecular complexity index is 1090. The van der Waals surface area contributed by atoms with E-state index < -0.39 is 0 Å². The maximum Gasteiger partial charge on any atom is 0.143 e. The number of para-hydroxylation sites is 1. The van der Waals surface area contributed by atoms with Gasteiger partial charge in [0.15, 0.2) is 0 Å². The quantitative estimate of drug-likeness (QED) is 0.462. The van der Waals surface area contributed by atoms with Crippen molar-refractivity contribution in [3.63, 3.8) is 0 Å². The predicted octanol–water partition coefficient (Wildman–Crippen LogP) is 6.32. The molecule has 0 bridgehead atoms. The van der Waals surface area contributed by atoms with Gasteiger partial charge in [0.1, 0.15) is 17.2 Å². The number of benzene rings is 2.